The van der Waals surface area contributed by atoms with Crippen molar-refractivity contribution >= 4 is 34.6 Å². The van der Waals surface area contributed by atoms with Gasteiger partial charge in [0.05, 0.1) is 11.4 Å². The van der Waals surface area contributed by atoms with Crippen LogP contribution in [0.2, 0.25) is 5.02 Å². The van der Waals surface area contributed by atoms with Crippen molar-refractivity contribution in [1.82, 2.24) is 0 Å². The second-order valence-electron chi connectivity index (χ2n) is 6.89. The number of nitrogens with zero attached hydrogens (tertiary/aromatic N) is 1. The van der Waals surface area contributed by atoms with Crippen molar-refractivity contribution in [3.8, 4) is 0 Å². The Bertz CT molecular complexity index is 1080. The standard InChI is InChI=1S/C23H20ClN3O/c1-14-8-9-15(2)20(12-14)25-22-23(28)26-19-11-10-17(24)13-18(19)21(27-22)16-6-4-3-5-7-16/h3-13,22,25H,1-2H3,(H,26,28). The number of aryl methyl sites for hydroxylation is 2. The van der Waals surface area contributed by atoms with E-state index < -0.39 is 6.17 Å². The lowest BCUT2D eigenvalue weighted by molar-refractivity contribution is -0.116. The third-order valence-electron chi connectivity index (χ3n) is 4.73. The zero-order valence-electron chi connectivity index (χ0n) is 15.7. The molecule has 3 aromatic rings. The number of halogens is 1. The second-order valence-corrected chi connectivity index (χ2v) is 7.32. The zero-order valence-corrected chi connectivity index (χ0v) is 16.4. The highest BCUT2D eigenvalue weighted by Crippen LogP contribution is 2.28. The smallest absolute Gasteiger partial charge is 0.269 e. The summed E-state index contributed by atoms with van der Waals surface area (Å²) in [6, 6.07) is 21.3. The van der Waals surface area contributed by atoms with Gasteiger partial charge < -0.3 is 10.6 Å². The molecule has 28 heavy (non-hydrogen) atoms. The van der Waals surface area contributed by atoms with E-state index in [0.717, 1.165) is 33.7 Å². The van der Waals surface area contributed by atoms with Gasteiger partial charge in [0.15, 0.2) is 6.17 Å². The van der Waals surface area contributed by atoms with Gasteiger partial charge in [0.1, 0.15) is 0 Å². The summed E-state index contributed by atoms with van der Waals surface area (Å²) < 4.78 is 0. The number of fused-ring (bicyclic) bond motifs is 1. The summed E-state index contributed by atoms with van der Waals surface area (Å²) in [5, 5.41) is 6.87. The number of hydrogen-bond acceptors (Lipinski definition) is 3. The van der Waals surface area contributed by atoms with Crippen molar-refractivity contribution in [1.29, 1.82) is 0 Å². The van der Waals surface area contributed by atoms with Crippen LogP contribution in [-0.2, 0) is 4.79 Å². The fraction of sp³-hybridized carbons (Fsp3) is 0.130. The van der Waals surface area contributed by atoms with E-state index in [-0.39, 0.29) is 5.91 Å². The Kier molecular flexibility index (Phi) is 4.88. The summed E-state index contributed by atoms with van der Waals surface area (Å²) in [5.74, 6) is -0.213. The molecule has 3 aromatic carbocycles. The van der Waals surface area contributed by atoms with Gasteiger partial charge in [-0.15, -0.1) is 0 Å². The molecule has 4 rings (SSSR count). The second kappa shape index (κ2) is 7.49. The fourth-order valence-electron chi connectivity index (χ4n) is 3.24. The number of aliphatic imine (C=N–C) groups is 1. The Balaban J connectivity index is 1.83. The van der Waals surface area contributed by atoms with E-state index in [2.05, 4.69) is 10.6 Å². The number of nitrogens with one attached hydrogen (secondary N) is 2. The molecule has 0 aliphatic carbocycles. The quantitative estimate of drug-likeness (QED) is 0.648. The average Bonchev–Trinajstić information content (AvgIpc) is 2.82. The molecular formula is C23H20ClN3O. The van der Waals surface area contributed by atoms with Crippen LogP contribution in [-0.4, -0.2) is 17.8 Å². The number of carbonyl (C=O) groups excluding carboxylic acids is 1. The molecule has 1 aliphatic heterocycles. The van der Waals surface area contributed by atoms with Crippen LogP contribution in [0, 0.1) is 13.8 Å². The van der Waals surface area contributed by atoms with Gasteiger partial charge in [-0.2, -0.15) is 0 Å². The monoisotopic (exact) mass is 389 g/mol. The number of amides is 1. The van der Waals surface area contributed by atoms with Gasteiger partial charge in [0, 0.05) is 21.8 Å². The van der Waals surface area contributed by atoms with Crippen molar-refractivity contribution in [3.05, 3.63) is 94.0 Å². The molecule has 0 radical (unpaired) electrons. The Morgan fingerprint density at radius 3 is 2.57 bits per heavy atom. The molecule has 0 spiro atoms. The molecule has 1 aliphatic rings. The van der Waals surface area contributed by atoms with Crippen molar-refractivity contribution in [2.75, 3.05) is 10.6 Å². The van der Waals surface area contributed by atoms with E-state index in [4.69, 9.17) is 16.6 Å². The van der Waals surface area contributed by atoms with Gasteiger partial charge in [0.2, 0.25) is 0 Å². The molecule has 1 unspecified atom stereocenters. The van der Waals surface area contributed by atoms with E-state index in [9.17, 15) is 4.79 Å². The minimum atomic E-state index is -0.762. The first-order valence-corrected chi connectivity index (χ1v) is 9.47. The van der Waals surface area contributed by atoms with Gasteiger partial charge in [-0.05, 0) is 49.2 Å². The van der Waals surface area contributed by atoms with Gasteiger partial charge in [-0.1, -0.05) is 54.1 Å². The minimum absolute atomic E-state index is 0.213. The topological polar surface area (TPSA) is 53.5 Å². The summed E-state index contributed by atoms with van der Waals surface area (Å²) in [6.45, 7) is 4.03. The molecule has 1 atom stereocenters. The molecule has 4 nitrogen and oxygen atoms in total. The molecule has 0 fully saturated rings. The van der Waals surface area contributed by atoms with E-state index in [0.29, 0.717) is 10.7 Å². The summed E-state index contributed by atoms with van der Waals surface area (Å²) >= 11 is 6.24. The minimum Gasteiger partial charge on any atom is -0.356 e. The Hall–Kier alpha value is -3.11. The lowest BCUT2D eigenvalue weighted by Gasteiger charge is -2.17. The highest BCUT2D eigenvalue weighted by molar-refractivity contribution is 6.32. The van der Waals surface area contributed by atoms with E-state index in [1.807, 2.05) is 74.5 Å². The van der Waals surface area contributed by atoms with E-state index in [1.165, 1.54) is 0 Å². The summed E-state index contributed by atoms with van der Waals surface area (Å²) in [7, 11) is 0. The lowest BCUT2D eigenvalue weighted by Crippen LogP contribution is -2.32. The van der Waals surface area contributed by atoms with E-state index in [1.54, 1.807) is 6.07 Å². The molecule has 140 valence electrons. The molecular weight excluding hydrogens is 370 g/mol. The number of benzene rings is 3. The van der Waals surface area contributed by atoms with Crippen LogP contribution in [0.15, 0.2) is 71.7 Å². The molecule has 2 N–H and O–H groups in total. The van der Waals surface area contributed by atoms with Gasteiger partial charge in [-0.25, -0.2) is 4.99 Å². The highest BCUT2D eigenvalue weighted by atomic mass is 35.5. The largest absolute Gasteiger partial charge is 0.356 e. The number of rotatable bonds is 3. The number of benzodiazepines with no additional fused rings is 1. The lowest BCUT2D eigenvalue weighted by atomic mass is 10.0. The van der Waals surface area contributed by atoms with Crippen molar-refractivity contribution in [2.24, 2.45) is 4.99 Å². The first-order valence-electron chi connectivity index (χ1n) is 9.09. The van der Waals surface area contributed by atoms with Gasteiger partial charge >= 0.3 is 0 Å². The Morgan fingerprint density at radius 2 is 1.79 bits per heavy atom. The van der Waals surface area contributed by atoms with Crippen LogP contribution < -0.4 is 10.6 Å². The number of carbonyl (C=O) groups is 1. The van der Waals surface area contributed by atoms with Crippen LogP contribution in [0.25, 0.3) is 0 Å². The molecule has 0 bridgehead atoms. The molecule has 0 saturated heterocycles. The van der Waals surface area contributed by atoms with Gasteiger partial charge in [-0.3, -0.25) is 4.79 Å². The molecule has 1 heterocycles. The van der Waals surface area contributed by atoms with Crippen LogP contribution in [0.1, 0.15) is 22.3 Å². The van der Waals surface area contributed by atoms with E-state index >= 15 is 0 Å². The maximum absolute atomic E-state index is 12.9. The van der Waals surface area contributed by atoms with Crippen molar-refractivity contribution < 1.29 is 4.79 Å². The normalized spacial score (nSPS) is 15.9. The summed E-state index contributed by atoms with van der Waals surface area (Å²) in [5.41, 5.74) is 6.21. The molecule has 5 heteroatoms. The van der Waals surface area contributed by atoms with Crippen molar-refractivity contribution in [2.45, 2.75) is 20.0 Å². The highest BCUT2D eigenvalue weighted by Gasteiger charge is 2.26. The number of anilines is 2. The van der Waals surface area contributed by atoms with Crippen LogP contribution in [0.4, 0.5) is 11.4 Å². The predicted molar refractivity (Wildman–Crippen MR) is 115 cm³/mol. The van der Waals surface area contributed by atoms with Crippen molar-refractivity contribution in [3.63, 3.8) is 0 Å². The fourth-order valence-corrected chi connectivity index (χ4v) is 3.41. The maximum Gasteiger partial charge on any atom is 0.269 e. The molecule has 0 aromatic heterocycles. The van der Waals surface area contributed by atoms with Crippen LogP contribution in [0.5, 0.6) is 0 Å². The SMILES string of the molecule is Cc1ccc(C)c(NC2N=C(c3ccccc3)c3cc(Cl)ccc3NC2=O)c1. The first-order chi connectivity index (χ1) is 13.5. The van der Waals surface area contributed by atoms with Gasteiger partial charge in [0.25, 0.3) is 5.91 Å². The predicted octanol–water partition coefficient (Wildman–Crippen LogP) is 5.18. The Labute approximate surface area is 169 Å². The summed E-state index contributed by atoms with van der Waals surface area (Å²) in [4.78, 5) is 17.7. The average molecular weight is 390 g/mol. The molecule has 0 saturated carbocycles. The van der Waals surface area contributed by atoms with Crippen LogP contribution in [0.3, 0.4) is 0 Å². The summed E-state index contributed by atoms with van der Waals surface area (Å²) in [6.07, 6.45) is -0.762. The number of hydrogen-bond donors (Lipinski definition) is 2. The maximum atomic E-state index is 12.9. The molecule has 1 amide bonds. The Morgan fingerprint density at radius 1 is 1.00 bits per heavy atom. The zero-order chi connectivity index (χ0) is 19.7. The third-order valence-corrected chi connectivity index (χ3v) is 4.97. The first kappa shape index (κ1) is 18.3. The van der Waals surface area contributed by atoms with Crippen LogP contribution >= 0.6 is 11.6 Å². The third kappa shape index (κ3) is 3.64.